The molecule has 8 heteroatoms. The predicted molar refractivity (Wildman–Crippen MR) is 92.9 cm³/mol. The molecule has 2 aliphatic carbocycles. The number of aliphatic hydroxyl groups is 2. The summed E-state index contributed by atoms with van der Waals surface area (Å²) in [6, 6.07) is 1.53. The number of esters is 2. The van der Waals surface area contributed by atoms with Crippen LogP contribution in [0.4, 0.5) is 0 Å². The average Bonchev–Trinajstić information content (AvgIpc) is 3.28. The van der Waals surface area contributed by atoms with Gasteiger partial charge in [-0.05, 0) is 24.8 Å². The first-order valence-electron chi connectivity index (χ1n) is 9.46. The molecule has 0 aromatic carbocycles. The summed E-state index contributed by atoms with van der Waals surface area (Å²) in [4.78, 5) is 37.9. The normalized spacial score (nSPS) is 41.9. The summed E-state index contributed by atoms with van der Waals surface area (Å²) in [6.07, 6.45) is 1.61. The molecule has 2 heterocycles. The van der Waals surface area contributed by atoms with Crippen molar-refractivity contribution in [2.24, 2.45) is 23.2 Å². The van der Waals surface area contributed by atoms with Gasteiger partial charge in [0, 0.05) is 24.2 Å². The summed E-state index contributed by atoms with van der Waals surface area (Å²) in [5.74, 6) is -3.09. The fraction of sp³-hybridized carbons (Fsp3) is 0.650. The van der Waals surface area contributed by atoms with Crippen molar-refractivity contribution in [3.63, 3.8) is 0 Å². The highest BCUT2D eigenvalue weighted by Crippen LogP contribution is 2.62. The van der Waals surface area contributed by atoms with E-state index in [1.807, 2.05) is 0 Å². The summed E-state index contributed by atoms with van der Waals surface area (Å²) < 4.78 is 15.4. The molecular weight excluding hydrogens is 368 g/mol. The van der Waals surface area contributed by atoms with Crippen LogP contribution in [-0.2, 0) is 19.1 Å². The van der Waals surface area contributed by atoms with Crippen LogP contribution < -0.4 is 0 Å². The lowest BCUT2D eigenvalue weighted by Gasteiger charge is -2.55. The van der Waals surface area contributed by atoms with E-state index in [0.29, 0.717) is 5.56 Å². The minimum atomic E-state index is -1.85. The second-order valence-corrected chi connectivity index (χ2v) is 8.48. The summed E-state index contributed by atoms with van der Waals surface area (Å²) in [5, 5.41) is 21.8. The molecule has 152 valence electrons. The largest absolute Gasteiger partial charge is 0.472 e. The molecule has 4 rings (SSSR count). The highest BCUT2D eigenvalue weighted by atomic mass is 16.6. The topological polar surface area (TPSA) is 123 Å². The first kappa shape index (κ1) is 19.1. The maximum Gasteiger partial charge on any atom is 0.339 e. The van der Waals surface area contributed by atoms with Gasteiger partial charge in [-0.3, -0.25) is 9.59 Å². The fourth-order valence-corrected chi connectivity index (χ4v) is 5.66. The molecule has 3 aliphatic rings. The van der Waals surface area contributed by atoms with E-state index in [0.717, 1.165) is 0 Å². The van der Waals surface area contributed by atoms with Crippen molar-refractivity contribution in [2.75, 3.05) is 7.11 Å². The molecule has 3 fully saturated rings. The van der Waals surface area contributed by atoms with E-state index in [4.69, 9.17) is 13.9 Å². The Kier molecular flexibility index (Phi) is 4.39. The molecular formula is C20H24O8. The summed E-state index contributed by atoms with van der Waals surface area (Å²) >= 11 is 0. The molecule has 28 heavy (non-hydrogen) atoms. The number of fused-ring (bicyclic) bond motifs is 4. The van der Waals surface area contributed by atoms with Crippen LogP contribution >= 0.6 is 0 Å². The van der Waals surface area contributed by atoms with Crippen LogP contribution in [0, 0.1) is 23.2 Å². The van der Waals surface area contributed by atoms with Gasteiger partial charge in [0.05, 0.1) is 31.0 Å². The molecule has 2 bridgehead atoms. The van der Waals surface area contributed by atoms with E-state index in [2.05, 4.69) is 0 Å². The molecule has 2 N–H and O–H groups in total. The van der Waals surface area contributed by atoms with E-state index < -0.39 is 52.9 Å². The Hall–Kier alpha value is -2.19. The number of hydrogen-bond donors (Lipinski definition) is 2. The molecule has 1 saturated heterocycles. The van der Waals surface area contributed by atoms with Gasteiger partial charge in [0.2, 0.25) is 0 Å². The Morgan fingerprint density at radius 1 is 1.36 bits per heavy atom. The zero-order valence-corrected chi connectivity index (χ0v) is 15.8. The van der Waals surface area contributed by atoms with Crippen molar-refractivity contribution in [1.29, 1.82) is 0 Å². The Labute approximate surface area is 161 Å². The predicted octanol–water partition coefficient (Wildman–Crippen LogP) is 1.10. The van der Waals surface area contributed by atoms with Crippen LogP contribution in [0.25, 0.3) is 0 Å². The zero-order valence-electron chi connectivity index (χ0n) is 15.8. The lowest BCUT2D eigenvalue weighted by Crippen LogP contribution is -2.63. The lowest BCUT2D eigenvalue weighted by molar-refractivity contribution is -0.183. The Morgan fingerprint density at radius 2 is 2.11 bits per heavy atom. The Morgan fingerprint density at radius 3 is 2.75 bits per heavy atom. The zero-order chi connectivity index (χ0) is 20.3. The summed E-state index contributed by atoms with van der Waals surface area (Å²) in [5.41, 5.74) is -2.71. The number of carbonyl (C=O) groups excluding carboxylic acids is 3. The second-order valence-electron chi connectivity index (χ2n) is 8.48. The molecule has 0 spiro atoms. The number of ether oxygens (including phenoxy) is 2. The Bertz CT molecular complexity index is 801. The lowest BCUT2D eigenvalue weighted by atomic mass is 9.48. The molecule has 1 aromatic rings. The number of rotatable bonds is 4. The second kappa shape index (κ2) is 6.42. The number of hydrogen-bond acceptors (Lipinski definition) is 8. The summed E-state index contributed by atoms with van der Waals surface area (Å²) in [6.45, 7) is 1.68. The van der Waals surface area contributed by atoms with Gasteiger partial charge in [-0.25, -0.2) is 4.79 Å². The number of methoxy groups -OCH3 is 1. The average molecular weight is 392 g/mol. The van der Waals surface area contributed by atoms with E-state index in [1.54, 1.807) is 6.92 Å². The first-order chi connectivity index (χ1) is 13.2. The number of ketones is 1. The van der Waals surface area contributed by atoms with Gasteiger partial charge in [0.15, 0.2) is 11.4 Å². The van der Waals surface area contributed by atoms with E-state index in [9.17, 15) is 24.6 Å². The van der Waals surface area contributed by atoms with Crippen molar-refractivity contribution in [3.05, 3.63) is 24.2 Å². The highest BCUT2D eigenvalue weighted by molar-refractivity contribution is 5.97. The number of Topliss-reactive ketones (excluding diaryl/α,β-unsaturated/α-hetero) is 1. The summed E-state index contributed by atoms with van der Waals surface area (Å²) in [7, 11) is 1.28. The van der Waals surface area contributed by atoms with Crippen molar-refractivity contribution < 1.29 is 38.5 Å². The van der Waals surface area contributed by atoms with Gasteiger partial charge in [-0.1, -0.05) is 6.92 Å². The van der Waals surface area contributed by atoms with Gasteiger partial charge in [0.1, 0.15) is 12.4 Å². The van der Waals surface area contributed by atoms with Crippen LogP contribution in [0.3, 0.4) is 0 Å². The number of aliphatic hydroxyl groups excluding tert-OH is 1. The minimum absolute atomic E-state index is 0.0196. The molecule has 7 atom stereocenters. The van der Waals surface area contributed by atoms with Crippen molar-refractivity contribution in [2.45, 2.75) is 50.4 Å². The standard InChI is InChI=1S/C20H24O8/c1-19(7-14(22)10-3-4-27-9-10)13-6-11(21)5-12(17(23)26-2)16(13)15-8-20(19,25)18(24)28-15/h3-4,9,11-13,15-16,21,25H,5-8H2,1-2H3/t11-,12+,13+,15-,16+,19-,20+/m0/s1. The molecule has 0 radical (unpaired) electrons. The van der Waals surface area contributed by atoms with Crippen molar-refractivity contribution >= 4 is 17.7 Å². The third-order valence-electron chi connectivity index (χ3n) is 7.14. The third kappa shape index (κ3) is 2.54. The van der Waals surface area contributed by atoms with Crippen LogP contribution in [0.15, 0.2) is 23.0 Å². The van der Waals surface area contributed by atoms with E-state index in [1.165, 1.54) is 25.7 Å². The smallest absolute Gasteiger partial charge is 0.339 e. The fourth-order valence-electron chi connectivity index (χ4n) is 5.66. The van der Waals surface area contributed by atoms with Crippen LogP contribution in [0.2, 0.25) is 0 Å². The number of furan rings is 1. The SMILES string of the molecule is COC(=O)[C@@H]1C[C@H](O)C[C@@H]2[C@@H]1[C@@H]1C[C@@](O)(C(=O)O1)[C@@]2(C)CC(=O)c1ccoc1. The first-order valence-corrected chi connectivity index (χ1v) is 9.46. The van der Waals surface area contributed by atoms with E-state index >= 15 is 0 Å². The van der Waals surface area contributed by atoms with Crippen LogP contribution in [-0.4, -0.2) is 52.9 Å². The van der Waals surface area contributed by atoms with Crippen LogP contribution in [0.5, 0.6) is 0 Å². The van der Waals surface area contributed by atoms with Crippen molar-refractivity contribution in [1.82, 2.24) is 0 Å². The molecule has 0 unspecified atom stereocenters. The third-order valence-corrected chi connectivity index (χ3v) is 7.14. The van der Waals surface area contributed by atoms with Crippen molar-refractivity contribution in [3.8, 4) is 0 Å². The molecule has 0 amide bonds. The molecule has 2 saturated carbocycles. The Balaban J connectivity index is 1.77. The van der Waals surface area contributed by atoms with Gasteiger partial charge < -0.3 is 24.1 Å². The van der Waals surface area contributed by atoms with Gasteiger partial charge in [0.25, 0.3) is 0 Å². The van der Waals surface area contributed by atoms with E-state index in [-0.39, 0.29) is 31.5 Å². The van der Waals surface area contributed by atoms with Gasteiger partial charge in [-0.2, -0.15) is 0 Å². The monoisotopic (exact) mass is 392 g/mol. The highest BCUT2D eigenvalue weighted by Gasteiger charge is 2.71. The maximum absolute atomic E-state index is 12.9. The molecule has 1 aliphatic heterocycles. The van der Waals surface area contributed by atoms with Gasteiger partial charge >= 0.3 is 11.9 Å². The molecule has 8 nitrogen and oxygen atoms in total. The maximum atomic E-state index is 12.9. The quantitative estimate of drug-likeness (QED) is 0.577. The molecule has 1 aromatic heterocycles. The number of carbonyl (C=O) groups is 3. The van der Waals surface area contributed by atoms with Crippen LogP contribution in [0.1, 0.15) is 43.0 Å². The van der Waals surface area contributed by atoms with Gasteiger partial charge in [-0.15, -0.1) is 0 Å². The minimum Gasteiger partial charge on any atom is -0.472 e.